The van der Waals surface area contributed by atoms with Crippen LogP contribution in [0, 0.1) is 0 Å². The van der Waals surface area contributed by atoms with Gasteiger partial charge in [0.15, 0.2) is 0 Å². The first-order valence-corrected chi connectivity index (χ1v) is 3.75. The van der Waals surface area contributed by atoms with Gasteiger partial charge in [0.25, 0.3) is 0 Å². The Morgan fingerprint density at radius 2 is 1.92 bits per heavy atom. The minimum atomic E-state index is -4.04. The van der Waals surface area contributed by atoms with E-state index in [2.05, 4.69) is 4.99 Å². The molecule has 0 saturated heterocycles. The molecule has 0 aromatic heterocycles. The lowest BCUT2D eigenvalue weighted by molar-refractivity contribution is -0.135. The molecule has 0 bridgehead atoms. The van der Waals surface area contributed by atoms with Crippen LogP contribution < -0.4 is 5.73 Å². The van der Waals surface area contributed by atoms with Crippen LogP contribution in [-0.2, 0) is 0 Å². The van der Waals surface area contributed by atoms with Crippen LogP contribution in [-0.4, -0.2) is 18.6 Å². The third-order valence-electron chi connectivity index (χ3n) is 1.23. The van der Waals surface area contributed by atoms with E-state index in [1.165, 1.54) is 0 Å². The molecule has 0 saturated carbocycles. The summed E-state index contributed by atoms with van der Waals surface area (Å²) in [6.07, 6.45) is -4.21. The Bertz CT molecular complexity index is 147. The van der Waals surface area contributed by atoms with Crippen molar-refractivity contribution in [1.29, 1.82) is 0 Å². The Kier molecular flexibility index (Phi) is 4.70. The zero-order valence-electron chi connectivity index (χ0n) is 6.99. The van der Waals surface area contributed by atoms with Gasteiger partial charge in [-0.25, -0.2) is 0 Å². The molecule has 0 heterocycles. The molecule has 2 N–H and O–H groups in total. The summed E-state index contributed by atoms with van der Waals surface area (Å²) in [6, 6.07) is 0. The van der Waals surface area contributed by atoms with E-state index in [4.69, 9.17) is 5.73 Å². The van der Waals surface area contributed by atoms with Crippen LogP contribution in [0.25, 0.3) is 0 Å². The highest BCUT2D eigenvalue weighted by atomic mass is 19.4. The van der Waals surface area contributed by atoms with Crippen molar-refractivity contribution in [3.63, 3.8) is 0 Å². The Hall–Kier alpha value is -0.740. The van der Waals surface area contributed by atoms with Crippen LogP contribution >= 0.6 is 0 Å². The van der Waals surface area contributed by atoms with Gasteiger partial charge in [-0.2, -0.15) is 13.2 Å². The first kappa shape index (κ1) is 11.3. The number of rotatable bonds is 4. The third kappa shape index (κ3) is 9.26. The molecule has 0 aliphatic heterocycles. The van der Waals surface area contributed by atoms with Gasteiger partial charge in [0.2, 0.25) is 0 Å². The minimum Gasteiger partial charge on any atom is -0.388 e. The molecule has 0 atom stereocenters. The average Bonchev–Trinajstić information content (AvgIpc) is 1.83. The van der Waals surface area contributed by atoms with E-state index in [1.807, 2.05) is 0 Å². The third-order valence-corrected chi connectivity index (χ3v) is 1.23. The Morgan fingerprint density at radius 1 is 1.33 bits per heavy atom. The monoisotopic (exact) mass is 182 g/mol. The van der Waals surface area contributed by atoms with Crippen molar-refractivity contribution < 1.29 is 13.2 Å². The second-order valence-electron chi connectivity index (χ2n) is 2.60. The summed E-state index contributed by atoms with van der Waals surface area (Å²) < 4.78 is 34.7. The highest BCUT2D eigenvalue weighted by Gasteiger charge is 2.25. The Morgan fingerprint density at radius 3 is 2.33 bits per heavy atom. The molecule has 0 unspecified atom stereocenters. The molecule has 12 heavy (non-hydrogen) atoms. The van der Waals surface area contributed by atoms with Crippen LogP contribution in [0.3, 0.4) is 0 Å². The second kappa shape index (κ2) is 5.00. The Balaban J connectivity index is 3.29. The molecule has 5 heteroatoms. The number of unbranched alkanes of at least 4 members (excludes halogenated alkanes) is 1. The predicted octanol–water partition coefficient (Wildman–Crippen LogP) is 2.10. The first-order chi connectivity index (χ1) is 5.42. The zero-order valence-corrected chi connectivity index (χ0v) is 6.99. The molecule has 0 amide bonds. The van der Waals surface area contributed by atoms with Gasteiger partial charge < -0.3 is 5.73 Å². The van der Waals surface area contributed by atoms with Gasteiger partial charge in [-0.3, -0.25) is 4.99 Å². The van der Waals surface area contributed by atoms with Crippen LogP contribution in [0.1, 0.15) is 26.2 Å². The maximum atomic E-state index is 11.6. The summed E-state index contributed by atoms with van der Waals surface area (Å²) in [7, 11) is 0. The van der Waals surface area contributed by atoms with Crippen molar-refractivity contribution in [2.24, 2.45) is 10.7 Å². The highest BCUT2D eigenvalue weighted by Crippen LogP contribution is 2.21. The van der Waals surface area contributed by atoms with Crippen LogP contribution in [0.4, 0.5) is 13.2 Å². The molecule has 0 spiro atoms. The number of alkyl halides is 3. The van der Waals surface area contributed by atoms with E-state index in [0.29, 0.717) is 18.8 Å². The summed E-state index contributed by atoms with van der Waals surface area (Å²) in [5.74, 6) is 0.419. The fourth-order valence-corrected chi connectivity index (χ4v) is 0.693. The topological polar surface area (TPSA) is 38.4 Å². The van der Waals surface area contributed by atoms with Gasteiger partial charge in [0, 0.05) is 13.0 Å². The van der Waals surface area contributed by atoms with Crippen LogP contribution in [0.5, 0.6) is 0 Å². The number of amidine groups is 1. The molecule has 0 radical (unpaired) electrons. The fourth-order valence-electron chi connectivity index (χ4n) is 0.693. The molecule has 0 rings (SSSR count). The first-order valence-electron chi connectivity index (χ1n) is 3.75. The second-order valence-corrected chi connectivity index (χ2v) is 2.60. The molecule has 0 aromatic rings. The summed E-state index contributed by atoms with van der Waals surface area (Å²) in [5.41, 5.74) is 5.19. The molecular formula is C7H13F3N2. The maximum absolute atomic E-state index is 11.6. The SMILES string of the molecule is CC(N)=NCCCCC(F)(F)F. The summed E-state index contributed by atoms with van der Waals surface area (Å²) in [4.78, 5) is 3.77. The lowest BCUT2D eigenvalue weighted by atomic mass is 10.2. The standard InChI is InChI=1S/C7H13F3N2/c1-6(11)12-5-3-2-4-7(8,9)10/h2-5H2,1H3,(H2,11,12). The molecule has 0 fully saturated rings. The van der Waals surface area contributed by atoms with Gasteiger partial charge >= 0.3 is 6.18 Å². The van der Waals surface area contributed by atoms with Crippen molar-refractivity contribution in [1.82, 2.24) is 0 Å². The quantitative estimate of drug-likeness (QED) is 0.403. The average molecular weight is 182 g/mol. The Labute approximate surface area is 69.7 Å². The van der Waals surface area contributed by atoms with Crippen molar-refractivity contribution in [2.75, 3.05) is 6.54 Å². The van der Waals surface area contributed by atoms with E-state index in [-0.39, 0.29) is 6.42 Å². The van der Waals surface area contributed by atoms with Crippen molar-refractivity contribution in [3.8, 4) is 0 Å². The number of nitrogens with two attached hydrogens (primary N) is 1. The molecule has 72 valence electrons. The minimum absolute atomic E-state index is 0.125. The normalized spacial score (nSPS) is 13.5. The van der Waals surface area contributed by atoms with Gasteiger partial charge in [-0.15, -0.1) is 0 Å². The van der Waals surface area contributed by atoms with Crippen molar-refractivity contribution in [2.45, 2.75) is 32.4 Å². The maximum Gasteiger partial charge on any atom is 0.389 e. The highest BCUT2D eigenvalue weighted by molar-refractivity contribution is 5.77. The van der Waals surface area contributed by atoms with Crippen molar-refractivity contribution >= 4 is 5.84 Å². The lowest BCUT2D eigenvalue weighted by Gasteiger charge is -2.03. The number of aliphatic imine (C=N–C) groups is 1. The van der Waals surface area contributed by atoms with E-state index >= 15 is 0 Å². The van der Waals surface area contributed by atoms with Gasteiger partial charge in [-0.05, 0) is 19.8 Å². The molecule has 0 aliphatic rings. The summed E-state index contributed by atoms with van der Waals surface area (Å²) >= 11 is 0. The summed E-state index contributed by atoms with van der Waals surface area (Å²) in [5, 5.41) is 0. The lowest BCUT2D eigenvalue weighted by Crippen LogP contribution is -2.08. The van der Waals surface area contributed by atoms with Crippen LogP contribution in [0.2, 0.25) is 0 Å². The largest absolute Gasteiger partial charge is 0.389 e. The van der Waals surface area contributed by atoms with E-state index in [0.717, 1.165) is 0 Å². The number of hydrogen-bond donors (Lipinski definition) is 1. The predicted molar refractivity (Wildman–Crippen MR) is 42.1 cm³/mol. The smallest absolute Gasteiger partial charge is 0.388 e. The molecule has 2 nitrogen and oxygen atoms in total. The molecule has 0 aliphatic carbocycles. The molecule has 0 aromatic carbocycles. The fraction of sp³-hybridized carbons (Fsp3) is 0.857. The van der Waals surface area contributed by atoms with Gasteiger partial charge in [0.05, 0.1) is 5.84 Å². The number of hydrogen-bond acceptors (Lipinski definition) is 1. The number of nitrogens with zero attached hydrogens (tertiary/aromatic N) is 1. The van der Waals surface area contributed by atoms with Gasteiger partial charge in [0.1, 0.15) is 0 Å². The van der Waals surface area contributed by atoms with E-state index in [1.54, 1.807) is 6.92 Å². The zero-order chi connectivity index (χ0) is 9.61. The number of halogens is 3. The van der Waals surface area contributed by atoms with Gasteiger partial charge in [-0.1, -0.05) is 0 Å². The summed E-state index contributed by atoms with van der Waals surface area (Å²) in [6.45, 7) is 2.00. The molecular weight excluding hydrogens is 169 g/mol. The van der Waals surface area contributed by atoms with E-state index in [9.17, 15) is 13.2 Å². The van der Waals surface area contributed by atoms with Crippen molar-refractivity contribution in [3.05, 3.63) is 0 Å². The van der Waals surface area contributed by atoms with E-state index < -0.39 is 12.6 Å². The van der Waals surface area contributed by atoms with Crippen LogP contribution in [0.15, 0.2) is 4.99 Å².